The number of benzene rings is 2. The second-order valence-electron chi connectivity index (χ2n) is 6.54. The van der Waals surface area contributed by atoms with E-state index in [-0.39, 0.29) is 6.04 Å². The summed E-state index contributed by atoms with van der Waals surface area (Å²) in [5, 5.41) is 5.42. The zero-order chi connectivity index (χ0) is 20.1. The van der Waals surface area contributed by atoms with E-state index >= 15 is 0 Å². The van der Waals surface area contributed by atoms with Gasteiger partial charge in [-0.1, -0.05) is 23.8 Å². The predicted octanol–water partition coefficient (Wildman–Crippen LogP) is 3.44. The molecule has 2 amide bonds. The van der Waals surface area contributed by atoms with Crippen LogP contribution in [0, 0.1) is 20.8 Å². The van der Waals surface area contributed by atoms with Crippen LogP contribution in [0.4, 0.5) is 5.69 Å². The molecule has 144 valence electrons. The Morgan fingerprint density at radius 3 is 2.04 bits per heavy atom. The molecule has 6 heteroatoms. The highest BCUT2D eigenvalue weighted by Gasteiger charge is 2.19. The van der Waals surface area contributed by atoms with Crippen molar-refractivity contribution in [2.75, 3.05) is 19.5 Å². The molecule has 0 bridgehead atoms. The first-order chi connectivity index (χ1) is 12.8. The minimum absolute atomic E-state index is 0.372. The van der Waals surface area contributed by atoms with Crippen LogP contribution in [0.1, 0.15) is 35.2 Å². The van der Waals surface area contributed by atoms with E-state index in [0.717, 1.165) is 22.3 Å². The molecule has 0 spiro atoms. The minimum Gasteiger partial charge on any atom is -0.493 e. The Balaban J connectivity index is 2.09. The third kappa shape index (κ3) is 4.78. The second kappa shape index (κ2) is 8.58. The number of rotatable bonds is 5. The van der Waals surface area contributed by atoms with Crippen molar-refractivity contribution < 1.29 is 19.1 Å². The van der Waals surface area contributed by atoms with Crippen molar-refractivity contribution in [2.45, 2.75) is 33.7 Å². The molecule has 6 nitrogen and oxygen atoms in total. The highest BCUT2D eigenvalue weighted by Crippen LogP contribution is 2.30. The Bertz CT molecular complexity index is 838. The number of methoxy groups -OCH3 is 2. The molecule has 0 heterocycles. The number of hydrogen-bond donors (Lipinski definition) is 2. The van der Waals surface area contributed by atoms with E-state index in [4.69, 9.17) is 9.47 Å². The van der Waals surface area contributed by atoms with Crippen molar-refractivity contribution in [1.82, 2.24) is 5.32 Å². The number of carbonyl (C=O) groups is 2. The molecule has 0 saturated heterocycles. The maximum atomic E-state index is 12.3. The largest absolute Gasteiger partial charge is 0.493 e. The van der Waals surface area contributed by atoms with Crippen molar-refractivity contribution in [2.24, 2.45) is 0 Å². The summed E-state index contributed by atoms with van der Waals surface area (Å²) in [6.45, 7) is 7.59. The molecule has 0 fully saturated rings. The fraction of sp³-hybridized carbons (Fsp3) is 0.333. The van der Waals surface area contributed by atoms with Crippen molar-refractivity contribution in [3.05, 3.63) is 52.6 Å². The van der Waals surface area contributed by atoms with Gasteiger partial charge in [0.1, 0.15) is 0 Å². The molecule has 2 aromatic carbocycles. The van der Waals surface area contributed by atoms with Crippen LogP contribution in [0.5, 0.6) is 11.5 Å². The lowest BCUT2D eigenvalue weighted by molar-refractivity contribution is -0.136. The average Bonchev–Trinajstić information content (AvgIpc) is 2.63. The van der Waals surface area contributed by atoms with Gasteiger partial charge < -0.3 is 20.1 Å². The van der Waals surface area contributed by atoms with E-state index in [1.165, 1.54) is 0 Å². The topological polar surface area (TPSA) is 76.7 Å². The van der Waals surface area contributed by atoms with Gasteiger partial charge in [-0.05, 0) is 56.5 Å². The van der Waals surface area contributed by atoms with E-state index in [9.17, 15) is 9.59 Å². The SMILES string of the molecule is COc1ccc(C(C)NC(=O)C(=O)Nc2c(C)cc(C)cc2C)cc1OC. The Hall–Kier alpha value is -3.02. The maximum Gasteiger partial charge on any atom is 0.313 e. The molecule has 0 saturated carbocycles. The molecule has 1 atom stereocenters. The molecule has 0 aromatic heterocycles. The van der Waals surface area contributed by atoms with Crippen LogP contribution >= 0.6 is 0 Å². The van der Waals surface area contributed by atoms with Crippen LogP contribution in [0.3, 0.4) is 0 Å². The first-order valence-electron chi connectivity index (χ1n) is 8.68. The predicted molar refractivity (Wildman–Crippen MR) is 105 cm³/mol. The monoisotopic (exact) mass is 370 g/mol. The fourth-order valence-electron chi connectivity index (χ4n) is 3.02. The van der Waals surface area contributed by atoms with Crippen molar-refractivity contribution in [3.8, 4) is 11.5 Å². The lowest BCUT2D eigenvalue weighted by Crippen LogP contribution is -2.37. The smallest absolute Gasteiger partial charge is 0.313 e. The summed E-state index contributed by atoms with van der Waals surface area (Å²) in [7, 11) is 3.10. The first kappa shape index (κ1) is 20.3. The van der Waals surface area contributed by atoms with E-state index in [1.54, 1.807) is 33.3 Å². The number of aryl methyl sites for hydroxylation is 3. The third-order valence-corrected chi connectivity index (χ3v) is 4.38. The highest BCUT2D eigenvalue weighted by atomic mass is 16.5. The number of nitrogens with one attached hydrogen (secondary N) is 2. The molecule has 2 aromatic rings. The number of hydrogen-bond acceptors (Lipinski definition) is 4. The zero-order valence-corrected chi connectivity index (χ0v) is 16.6. The van der Waals surface area contributed by atoms with Gasteiger partial charge in [-0.25, -0.2) is 0 Å². The van der Waals surface area contributed by atoms with Gasteiger partial charge in [0, 0.05) is 5.69 Å². The Labute approximate surface area is 159 Å². The summed E-state index contributed by atoms with van der Waals surface area (Å²) in [6.07, 6.45) is 0. The number of carbonyl (C=O) groups excluding carboxylic acids is 2. The van der Waals surface area contributed by atoms with Crippen LogP contribution < -0.4 is 20.1 Å². The first-order valence-corrected chi connectivity index (χ1v) is 8.68. The molecular formula is C21H26N2O4. The summed E-state index contributed by atoms with van der Waals surface area (Å²) in [6, 6.07) is 8.91. The van der Waals surface area contributed by atoms with Crippen molar-refractivity contribution in [1.29, 1.82) is 0 Å². The van der Waals surface area contributed by atoms with Gasteiger partial charge in [0.05, 0.1) is 20.3 Å². The third-order valence-electron chi connectivity index (χ3n) is 4.38. The van der Waals surface area contributed by atoms with E-state index in [1.807, 2.05) is 39.0 Å². The molecule has 2 rings (SSSR count). The van der Waals surface area contributed by atoms with E-state index in [2.05, 4.69) is 10.6 Å². The number of amides is 2. The van der Waals surface area contributed by atoms with E-state index < -0.39 is 11.8 Å². The fourth-order valence-corrected chi connectivity index (χ4v) is 3.02. The molecule has 2 N–H and O–H groups in total. The van der Waals surface area contributed by atoms with Gasteiger partial charge >= 0.3 is 11.8 Å². The van der Waals surface area contributed by atoms with Gasteiger partial charge in [0.25, 0.3) is 0 Å². The minimum atomic E-state index is -0.698. The summed E-state index contributed by atoms with van der Waals surface area (Å²) < 4.78 is 10.5. The van der Waals surface area contributed by atoms with Gasteiger partial charge in [-0.3, -0.25) is 9.59 Å². The van der Waals surface area contributed by atoms with Crippen LogP contribution in [0.2, 0.25) is 0 Å². The summed E-state index contributed by atoms with van der Waals surface area (Å²) >= 11 is 0. The summed E-state index contributed by atoms with van der Waals surface area (Å²) in [4.78, 5) is 24.6. The normalized spacial score (nSPS) is 11.5. The molecule has 0 radical (unpaired) electrons. The molecule has 0 aliphatic rings. The van der Waals surface area contributed by atoms with Gasteiger partial charge in [-0.15, -0.1) is 0 Å². The van der Waals surface area contributed by atoms with Gasteiger partial charge in [0.15, 0.2) is 11.5 Å². The van der Waals surface area contributed by atoms with Gasteiger partial charge in [-0.2, -0.15) is 0 Å². The lowest BCUT2D eigenvalue weighted by Gasteiger charge is -2.17. The molecule has 0 aliphatic heterocycles. The molecular weight excluding hydrogens is 344 g/mol. The quantitative estimate of drug-likeness (QED) is 0.791. The highest BCUT2D eigenvalue weighted by molar-refractivity contribution is 6.39. The van der Waals surface area contributed by atoms with Crippen LogP contribution in [-0.2, 0) is 9.59 Å². The summed E-state index contributed by atoms with van der Waals surface area (Å²) in [5.41, 5.74) is 4.41. The number of anilines is 1. The van der Waals surface area contributed by atoms with E-state index in [0.29, 0.717) is 17.2 Å². The van der Waals surface area contributed by atoms with Crippen molar-refractivity contribution in [3.63, 3.8) is 0 Å². The van der Waals surface area contributed by atoms with Crippen LogP contribution in [0.25, 0.3) is 0 Å². The number of ether oxygens (including phenoxy) is 2. The lowest BCUT2D eigenvalue weighted by atomic mass is 10.0. The molecule has 27 heavy (non-hydrogen) atoms. The van der Waals surface area contributed by atoms with Crippen LogP contribution in [-0.4, -0.2) is 26.0 Å². The molecule has 1 unspecified atom stereocenters. The zero-order valence-electron chi connectivity index (χ0n) is 16.6. The average molecular weight is 370 g/mol. The van der Waals surface area contributed by atoms with Crippen molar-refractivity contribution >= 4 is 17.5 Å². The Morgan fingerprint density at radius 1 is 0.889 bits per heavy atom. The standard InChI is InChI=1S/C21H26N2O4/c1-12-9-13(2)19(14(3)10-12)23-21(25)20(24)22-15(4)16-7-8-17(26-5)18(11-16)27-6/h7-11,15H,1-6H3,(H,22,24)(H,23,25). The molecule has 0 aliphatic carbocycles. The van der Waals surface area contributed by atoms with Gasteiger partial charge in [0.2, 0.25) is 0 Å². The Kier molecular flexibility index (Phi) is 6.45. The maximum absolute atomic E-state index is 12.3. The van der Waals surface area contributed by atoms with Crippen LogP contribution in [0.15, 0.2) is 30.3 Å². The second-order valence-corrected chi connectivity index (χ2v) is 6.54. The summed E-state index contributed by atoms with van der Waals surface area (Å²) in [5.74, 6) is -0.233. The Morgan fingerprint density at radius 2 is 1.48 bits per heavy atom.